The summed E-state index contributed by atoms with van der Waals surface area (Å²) in [7, 11) is 0. The normalized spacial score (nSPS) is 18.6. The van der Waals surface area contributed by atoms with Crippen LogP contribution in [0.5, 0.6) is 0 Å². The lowest BCUT2D eigenvalue weighted by Crippen LogP contribution is -2.19. The maximum absolute atomic E-state index is 5.86. The van der Waals surface area contributed by atoms with Gasteiger partial charge in [-0.25, -0.2) is 0 Å². The number of nitrogens with two attached hydrogens (primary N) is 2. The van der Waals surface area contributed by atoms with Crippen LogP contribution in [0.3, 0.4) is 0 Å². The van der Waals surface area contributed by atoms with Gasteiger partial charge in [-0.1, -0.05) is 12.1 Å². The van der Waals surface area contributed by atoms with Gasteiger partial charge in [0.1, 0.15) is 0 Å². The van der Waals surface area contributed by atoms with Gasteiger partial charge in [-0.2, -0.15) is 0 Å². The van der Waals surface area contributed by atoms with E-state index in [0.29, 0.717) is 0 Å². The van der Waals surface area contributed by atoms with E-state index in [1.165, 1.54) is 18.4 Å². The van der Waals surface area contributed by atoms with Gasteiger partial charge in [0.05, 0.1) is 0 Å². The number of aryl methyl sites for hydroxylation is 1. The number of hydrogen-bond acceptors (Lipinski definition) is 2. The van der Waals surface area contributed by atoms with Crippen LogP contribution >= 0.6 is 0 Å². The quantitative estimate of drug-likeness (QED) is 0.672. The Labute approximate surface area is 78.9 Å². The topological polar surface area (TPSA) is 52.0 Å². The first-order valence-electron chi connectivity index (χ1n) is 4.75. The molecule has 0 amide bonds. The molecule has 2 nitrogen and oxygen atoms in total. The molecule has 0 saturated heterocycles. The predicted octanol–water partition coefficient (Wildman–Crippen LogP) is 1.57. The van der Waals surface area contributed by atoms with Gasteiger partial charge < -0.3 is 11.5 Å². The summed E-state index contributed by atoms with van der Waals surface area (Å²) < 4.78 is 0. The van der Waals surface area contributed by atoms with Gasteiger partial charge in [0.2, 0.25) is 0 Å². The Bertz CT molecular complexity index is 327. The minimum Gasteiger partial charge on any atom is -0.399 e. The van der Waals surface area contributed by atoms with Crippen molar-refractivity contribution >= 4 is 5.69 Å². The number of hydrogen-bond donors (Lipinski definition) is 2. The monoisotopic (exact) mass is 176 g/mol. The fraction of sp³-hybridized carbons (Fsp3) is 0.455. The third-order valence-corrected chi connectivity index (χ3v) is 3.14. The van der Waals surface area contributed by atoms with Gasteiger partial charge in [0.15, 0.2) is 0 Å². The second-order valence-electron chi connectivity index (χ2n) is 4.06. The van der Waals surface area contributed by atoms with Gasteiger partial charge in [-0.05, 0) is 37.0 Å². The average molecular weight is 176 g/mol. The standard InChI is InChI=1S/C11H16N2/c1-8-2-3-9(6-10(8)13)11(7-12)4-5-11/h2-3,6H,4-5,7,12-13H2,1H3. The molecule has 0 unspecified atom stereocenters. The molecule has 2 heteroatoms. The predicted molar refractivity (Wildman–Crippen MR) is 55.6 cm³/mol. The second-order valence-corrected chi connectivity index (χ2v) is 4.06. The zero-order valence-electron chi connectivity index (χ0n) is 8.01. The molecule has 0 bridgehead atoms. The van der Waals surface area contributed by atoms with Crippen LogP contribution in [-0.2, 0) is 5.41 Å². The van der Waals surface area contributed by atoms with E-state index in [0.717, 1.165) is 17.8 Å². The summed E-state index contributed by atoms with van der Waals surface area (Å²) in [6, 6.07) is 6.32. The molecule has 1 aromatic carbocycles. The van der Waals surface area contributed by atoms with Crippen molar-refractivity contribution in [2.75, 3.05) is 12.3 Å². The van der Waals surface area contributed by atoms with E-state index >= 15 is 0 Å². The van der Waals surface area contributed by atoms with Crippen molar-refractivity contribution in [1.82, 2.24) is 0 Å². The van der Waals surface area contributed by atoms with Crippen LogP contribution in [0.25, 0.3) is 0 Å². The molecule has 13 heavy (non-hydrogen) atoms. The van der Waals surface area contributed by atoms with Crippen molar-refractivity contribution in [3.05, 3.63) is 29.3 Å². The Morgan fingerprint density at radius 2 is 2.08 bits per heavy atom. The van der Waals surface area contributed by atoms with Crippen LogP contribution in [0.2, 0.25) is 0 Å². The average Bonchev–Trinajstić information content (AvgIpc) is 2.90. The lowest BCUT2D eigenvalue weighted by Gasteiger charge is -2.14. The van der Waals surface area contributed by atoms with Crippen LogP contribution in [-0.4, -0.2) is 6.54 Å². The maximum atomic E-state index is 5.86. The summed E-state index contributed by atoms with van der Waals surface area (Å²) in [4.78, 5) is 0. The Morgan fingerprint density at radius 1 is 1.38 bits per heavy atom. The number of rotatable bonds is 2. The van der Waals surface area contributed by atoms with Crippen LogP contribution in [0.15, 0.2) is 18.2 Å². The van der Waals surface area contributed by atoms with Crippen molar-refractivity contribution < 1.29 is 0 Å². The molecular weight excluding hydrogens is 160 g/mol. The molecule has 2 rings (SSSR count). The van der Waals surface area contributed by atoms with E-state index in [9.17, 15) is 0 Å². The largest absolute Gasteiger partial charge is 0.399 e. The van der Waals surface area contributed by atoms with Crippen molar-refractivity contribution in [2.45, 2.75) is 25.2 Å². The Morgan fingerprint density at radius 3 is 2.54 bits per heavy atom. The third-order valence-electron chi connectivity index (χ3n) is 3.14. The molecular formula is C11H16N2. The molecule has 1 saturated carbocycles. The van der Waals surface area contributed by atoms with E-state index in [-0.39, 0.29) is 5.41 Å². The fourth-order valence-corrected chi connectivity index (χ4v) is 1.73. The molecule has 0 spiro atoms. The van der Waals surface area contributed by atoms with Gasteiger partial charge in [0.25, 0.3) is 0 Å². The molecule has 0 aliphatic heterocycles. The van der Waals surface area contributed by atoms with Gasteiger partial charge in [-0.15, -0.1) is 0 Å². The smallest absolute Gasteiger partial charge is 0.0346 e. The first kappa shape index (κ1) is 8.57. The van der Waals surface area contributed by atoms with Crippen molar-refractivity contribution in [3.63, 3.8) is 0 Å². The third kappa shape index (κ3) is 1.31. The molecule has 0 aromatic heterocycles. The number of benzene rings is 1. The molecule has 70 valence electrons. The maximum Gasteiger partial charge on any atom is 0.0346 e. The SMILES string of the molecule is Cc1ccc(C2(CN)CC2)cc1N. The van der Waals surface area contributed by atoms with Crippen LogP contribution in [0.1, 0.15) is 24.0 Å². The zero-order valence-corrected chi connectivity index (χ0v) is 8.01. The summed E-state index contributed by atoms with van der Waals surface area (Å²) in [5.74, 6) is 0. The summed E-state index contributed by atoms with van der Waals surface area (Å²) in [5.41, 5.74) is 15.2. The number of nitrogen functional groups attached to an aromatic ring is 1. The summed E-state index contributed by atoms with van der Waals surface area (Å²) in [6.45, 7) is 2.77. The molecule has 1 fully saturated rings. The van der Waals surface area contributed by atoms with E-state index < -0.39 is 0 Å². The van der Waals surface area contributed by atoms with Gasteiger partial charge in [0, 0.05) is 17.6 Å². The van der Waals surface area contributed by atoms with E-state index in [2.05, 4.69) is 18.2 Å². The Kier molecular flexibility index (Phi) is 1.81. The Balaban J connectivity index is 2.37. The van der Waals surface area contributed by atoms with Crippen molar-refractivity contribution in [1.29, 1.82) is 0 Å². The molecule has 1 aliphatic rings. The first-order valence-corrected chi connectivity index (χ1v) is 4.75. The first-order chi connectivity index (χ1) is 6.18. The minimum atomic E-state index is 0.266. The molecule has 0 atom stereocenters. The highest BCUT2D eigenvalue weighted by atomic mass is 14.7. The van der Waals surface area contributed by atoms with Crippen LogP contribution in [0.4, 0.5) is 5.69 Å². The highest BCUT2D eigenvalue weighted by molar-refractivity contribution is 5.51. The van der Waals surface area contributed by atoms with Gasteiger partial charge in [-0.3, -0.25) is 0 Å². The number of anilines is 1. The van der Waals surface area contributed by atoms with E-state index in [1.54, 1.807) is 0 Å². The van der Waals surface area contributed by atoms with E-state index in [4.69, 9.17) is 11.5 Å². The summed E-state index contributed by atoms with van der Waals surface area (Å²) in [6.07, 6.45) is 2.43. The second kappa shape index (κ2) is 2.74. The molecule has 1 aliphatic carbocycles. The summed E-state index contributed by atoms with van der Waals surface area (Å²) in [5, 5.41) is 0. The van der Waals surface area contributed by atoms with Crippen molar-refractivity contribution in [3.8, 4) is 0 Å². The molecule has 1 aromatic rings. The highest BCUT2D eigenvalue weighted by Crippen LogP contribution is 2.47. The summed E-state index contributed by atoms with van der Waals surface area (Å²) >= 11 is 0. The van der Waals surface area contributed by atoms with Crippen LogP contribution < -0.4 is 11.5 Å². The molecule has 0 radical (unpaired) electrons. The van der Waals surface area contributed by atoms with E-state index in [1.807, 2.05) is 6.92 Å². The zero-order chi connectivity index (χ0) is 9.47. The lowest BCUT2D eigenvalue weighted by molar-refractivity contribution is 0.705. The Hall–Kier alpha value is -1.02. The fourth-order valence-electron chi connectivity index (χ4n) is 1.73. The van der Waals surface area contributed by atoms with Crippen molar-refractivity contribution in [2.24, 2.45) is 5.73 Å². The van der Waals surface area contributed by atoms with Crippen LogP contribution in [0, 0.1) is 6.92 Å². The minimum absolute atomic E-state index is 0.266. The molecule has 4 N–H and O–H groups in total. The van der Waals surface area contributed by atoms with Gasteiger partial charge >= 0.3 is 0 Å². The molecule has 0 heterocycles. The lowest BCUT2D eigenvalue weighted by atomic mass is 9.94. The highest BCUT2D eigenvalue weighted by Gasteiger charge is 2.42.